The number of primary amides is 1. The SMILES string of the molecule is CCOC(=O)CC(O)CNCCOCC(N)=O. The molecule has 7 nitrogen and oxygen atoms in total. The highest BCUT2D eigenvalue weighted by Crippen LogP contribution is 1.93. The van der Waals surface area contributed by atoms with Crippen LogP contribution in [0.5, 0.6) is 0 Å². The molecule has 4 N–H and O–H groups in total. The second-order valence-corrected chi connectivity index (χ2v) is 3.39. The Labute approximate surface area is 100 Å². The molecule has 0 saturated heterocycles. The molecular formula is C10H20N2O5. The van der Waals surface area contributed by atoms with Gasteiger partial charge in [0.25, 0.3) is 0 Å². The minimum Gasteiger partial charge on any atom is -0.466 e. The molecule has 17 heavy (non-hydrogen) atoms. The zero-order chi connectivity index (χ0) is 13.1. The van der Waals surface area contributed by atoms with Crippen molar-refractivity contribution in [2.45, 2.75) is 19.4 Å². The van der Waals surface area contributed by atoms with E-state index in [-0.39, 0.29) is 19.6 Å². The molecule has 1 unspecified atom stereocenters. The Hall–Kier alpha value is -1.18. The summed E-state index contributed by atoms with van der Waals surface area (Å²) in [6.07, 6.45) is -0.826. The van der Waals surface area contributed by atoms with Crippen molar-refractivity contribution < 1.29 is 24.2 Å². The molecule has 0 aliphatic heterocycles. The predicted molar refractivity (Wildman–Crippen MR) is 60.1 cm³/mol. The van der Waals surface area contributed by atoms with E-state index in [2.05, 4.69) is 10.1 Å². The molecule has 0 radical (unpaired) electrons. The van der Waals surface area contributed by atoms with Gasteiger partial charge in [0.1, 0.15) is 6.61 Å². The van der Waals surface area contributed by atoms with E-state index >= 15 is 0 Å². The van der Waals surface area contributed by atoms with Crippen molar-refractivity contribution >= 4 is 11.9 Å². The summed E-state index contributed by atoms with van der Waals surface area (Å²) in [5.74, 6) is -0.945. The predicted octanol–water partition coefficient (Wildman–Crippen LogP) is -1.61. The molecule has 0 saturated carbocycles. The number of hydrogen-bond acceptors (Lipinski definition) is 6. The molecule has 0 aromatic rings. The van der Waals surface area contributed by atoms with Gasteiger partial charge in [-0.05, 0) is 6.92 Å². The standard InChI is InChI=1S/C10H20N2O5/c1-2-17-10(15)5-8(13)6-12-3-4-16-7-9(11)14/h8,12-13H,2-7H2,1H3,(H2,11,14). The lowest BCUT2D eigenvalue weighted by Gasteiger charge is -2.11. The van der Waals surface area contributed by atoms with Gasteiger partial charge in [0, 0.05) is 13.1 Å². The third-order valence-corrected chi connectivity index (χ3v) is 1.76. The summed E-state index contributed by atoms with van der Waals surface area (Å²) < 4.78 is 9.57. The van der Waals surface area contributed by atoms with Gasteiger partial charge in [0.2, 0.25) is 5.91 Å². The van der Waals surface area contributed by atoms with E-state index in [1.165, 1.54) is 0 Å². The van der Waals surface area contributed by atoms with Crippen LogP contribution in [0.3, 0.4) is 0 Å². The van der Waals surface area contributed by atoms with Crippen LogP contribution in [0.2, 0.25) is 0 Å². The van der Waals surface area contributed by atoms with Gasteiger partial charge in [0.15, 0.2) is 0 Å². The average molecular weight is 248 g/mol. The number of hydrogen-bond donors (Lipinski definition) is 3. The zero-order valence-electron chi connectivity index (χ0n) is 9.98. The van der Waals surface area contributed by atoms with Gasteiger partial charge >= 0.3 is 5.97 Å². The first-order valence-electron chi connectivity index (χ1n) is 5.46. The number of aliphatic hydroxyl groups excluding tert-OH is 1. The lowest BCUT2D eigenvalue weighted by Crippen LogP contribution is -2.32. The van der Waals surface area contributed by atoms with E-state index < -0.39 is 18.0 Å². The Morgan fingerprint density at radius 1 is 1.47 bits per heavy atom. The number of carbonyl (C=O) groups is 2. The third-order valence-electron chi connectivity index (χ3n) is 1.76. The number of aliphatic hydroxyl groups is 1. The molecule has 0 aromatic carbocycles. The third kappa shape index (κ3) is 11.1. The van der Waals surface area contributed by atoms with Crippen molar-refractivity contribution in [2.24, 2.45) is 5.73 Å². The number of rotatable bonds is 10. The summed E-state index contributed by atoms with van der Waals surface area (Å²) in [5, 5.41) is 12.3. The Balaban J connectivity index is 3.35. The molecule has 7 heteroatoms. The van der Waals surface area contributed by atoms with Crippen LogP contribution >= 0.6 is 0 Å². The molecule has 0 fully saturated rings. The van der Waals surface area contributed by atoms with Crippen LogP contribution in [0.4, 0.5) is 0 Å². The Morgan fingerprint density at radius 3 is 2.76 bits per heavy atom. The van der Waals surface area contributed by atoms with Gasteiger partial charge in [-0.3, -0.25) is 9.59 Å². The lowest BCUT2D eigenvalue weighted by molar-refractivity contribution is -0.145. The smallest absolute Gasteiger partial charge is 0.308 e. The van der Waals surface area contributed by atoms with E-state index in [9.17, 15) is 14.7 Å². The number of carbonyl (C=O) groups excluding carboxylic acids is 2. The zero-order valence-corrected chi connectivity index (χ0v) is 9.98. The fraction of sp³-hybridized carbons (Fsp3) is 0.800. The van der Waals surface area contributed by atoms with Crippen LogP contribution in [-0.4, -0.2) is 56.0 Å². The number of esters is 1. The first-order valence-corrected chi connectivity index (χ1v) is 5.46. The average Bonchev–Trinajstić information content (AvgIpc) is 2.23. The number of amides is 1. The molecule has 1 atom stereocenters. The second kappa shape index (κ2) is 10.0. The Morgan fingerprint density at radius 2 is 2.18 bits per heavy atom. The molecule has 100 valence electrons. The summed E-state index contributed by atoms with van der Waals surface area (Å²) >= 11 is 0. The topological polar surface area (TPSA) is 111 Å². The lowest BCUT2D eigenvalue weighted by atomic mass is 10.2. The van der Waals surface area contributed by atoms with Crippen molar-refractivity contribution in [3.63, 3.8) is 0 Å². The number of nitrogens with one attached hydrogen (secondary N) is 1. The minimum atomic E-state index is -0.787. The highest BCUT2D eigenvalue weighted by atomic mass is 16.5. The van der Waals surface area contributed by atoms with E-state index in [4.69, 9.17) is 10.5 Å². The van der Waals surface area contributed by atoms with Crippen LogP contribution in [0.1, 0.15) is 13.3 Å². The molecule has 0 aromatic heterocycles. The maximum absolute atomic E-state index is 11.0. The van der Waals surface area contributed by atoms with Crippen LogP contribution in [0.25, 0.3) is 0 Å². The van der Waals surface area contributed by atoms with Gasteiger partial charge in [-0.15, -0.1) is 0 Å². The number of ether oxygens (including phenoxy) is 2. The molecular weight excluding hydrogens is 228 g/mol. The molecule has 0 aliphatic carbocycles. The van der Waals surface area contributed by atoms with E-state index in [0.717, 1.165) is 0 Å². The first-order chi connectivity index (χ1) is 8.06. The van der Waals surface area contributed by atoms with Crippen molar-refractivity contribution in [3.05, 3.63) is 0 Å². The maximum atomic E-state index is 11.0. The first kappa shape index (κ1) is 15.8. The van der Waals surface area contributed by atoms with Crippen LogP contribution < -0.4 is 11.1 Å². The molecule has 0 rings (SSSR count). The summed E-state index contributed by atoms with van der Waals surface area (Å²) in [5.41, 5.74) is 4.86. The van der Waals surface area contributed by atoms with Crippen molar-refractivity contribution in [3.8, 4) is 0 Å². The summed E-state index contributed by atoms with van der Waals surface area (Å²) in [6.45, 7) is 2.94. The van der Waals surface area contributed by atoms with Gasteiger partial charge in [0.05, 0.1) is 25.7 Å². The van der Waals surface area contributed by atoms with Crippen LogP contribution in [0, 0.1) is 0 Å². The van der Waals surface area contributed by atoms with E-state index in [1.54, 1.807) is 6.92 Å². The highest BCUT2D eigenvalue weighted by Gasteiger charge is 2.10. The summed E-state index contributed by atoms with van der Waals surface area (Å²) in [6, 6.07) is 0. The summed E-state index contributed by atoms with van der Waals surface area (Å²) in [4.78, 5) is 21.3. The van der Waals surface area contributed by atoms with E-state index in [1.807, 2.05) is 0 Å². The van der Waals surface area contributed by atoms with E-state index in [0.29, 0.717) is 19.8 Å². The van der Waals surface area contributed by atoms with Crippen molar-refractivity contribution in [1.29, 1.82) is 0 Å². The molecule has 0 spiro atoms. The molecule has 0 heterocycles. The molecule has 0 bridgehead atoms. The normalized spacial score (nSPS) is 12.1. The van der Waals surface area contributed by atoms with Gasteiger partial charge in [-0.25, -0.2) is 0 Å². The quantitative estimate of drug-likeness (QED) is 0.317. The second-order valence-electron chi connectivity index (χ2n) is 3.39. The Kier molecular flexibility index (Phi) is 9.31. The summed E-state index contributed by atoms with van der Waals surface area (Å²) in [7, 11) is 0. The number of nitrogens with two attached hydrogens (primary N) is 1. The monoisotopic (exact) mass is 248 g/mol. The molecule has 0 aliphatic rings. The van der Waals surface area contributed by atoms with Crippen molar-refractivity contribution in [1.82, 2.24) is 5.32 Å². The van der Waals surface area contributed by atoms with Crippen LogP contribution in [0.15, 0.2) is 0 Å². The minimum absolute atomic E-state index is 0.0387. The fourth-order valence-corrected chi connectivity index (χ4v) is 1.07. The largest absolute Gasteiger partial charge is 0.466 e. The van der Waals surface area contributed by atoms with Gasteiger partial charge < -0.3 is 25.6 Å². The molecule has 1 amide bonds. The fourth-order valence-electron chi connectivity index (χ4n) is 1.07. The van der Waals surface area contributed by atoms with Crippen LogP contribution in [-0.2, 0) is 19.1 Å². The maximum Gasteiger partial charge on any atom is 0.308 e. The highest BCUT2D eigenvalue weighted by molar-refractivity contribution is 5.74. The Bertz CT molecular complexity index is 235. The van der Waals surface area contributed by atoms with Crippen molar-refractivity contribution in [2.75, 3.05) is 32.9 Å². The van der Waals surface area contributed by atoms with Gasteiger partial charge in [-0.2, -0.15) is 0 Å². The van der Waals surface area contributed by atoms with Gasteiger partial charge in [-0.1, -0.05) is 0 Å².